The molecule has 0 aromatic heterocycles. The Kier molecular flexibility index (Phi) is 9.91. The molecule has 1 fully saturated rings. The fourth-order valence-electron chi connectivity index (χ4n) is 5.30. The number of likely N-dealkylation sites (tertiary alicyclic amines) is 1. The lowest BCUT2D eigenvalue weighted by Gasteiger charge is -2.33. The predicted octanol–water partition coefficient (Wildman–Crippen LogP) is 5.90. The molecule has 0 spiro atoms. The molecule has 1 saturated heterocycles. The van der Waals surface area contributed by atoms with Crippen molar-refractivity contribution >= 4 is 17.6 Å². The molecule has 2 unspecified atom stereocenters. The smallest absolute Gasteiger partial charge is 0.323 e. The van der Waals surface area contributed by atoms with E-state index in [1.807, 2.05) is 72.8 Å². The molecular formula is C31H36N6O3. The van der Waals surface area contributed by atoms with Crippen LogP contribution in [0, 0.1) is 0 Å². The van der Waals surface area contributed by atoms with Crippen molar-refractivity contribution in [3.05, 3.63) is 112 Å². The van der Waals surface area contributed by atoms with Crippen molar-refractivity contribution in [1.29, 1.82) is 0 Å². The number of amides is 1. The molecule has 4 rings (SSSR count). The van der Waals surface area contributed by atoms with Gasteiger partial charge < -0.3 is 10.4 Å². The molecule has 208 valence electrons. The third-order valence-electron chi connectivity index (χ3n) is 7.49. The van der Waals surface area contributed by atoms with Gasteiger partial charge in [-0.05, 0) is 67.4 Å². The van der Waals surface area contributed by atoms with Crippen LogP contribution in [0.3, 0.4) is 0 Å². The number of azide groups is 1. The number of nitrogens with one attached hydrogen (secondary N) is 2. The number of hydrogen-bond donors (Lipinski definition) is 3. The van der Waals surface area contributed by atoms with Crippen molar-refractivity contribution in [3.8, 4) is 0 Å². The van der Waals surface area contributed by atoms with E-state index in [2.05, 4.69) is 37.7 Å². The molecular weight excluding hydrogens is 504 g/mol. The lowest BCUT2D eigenvalue weighted by molar-refractivity contribution is -0.144. The molecule has 3 N–H and O–H groups in total. The van der Waals surface area contributed by atoms with Gasteiger partial charge in [0.2, 0.25) is 5.91 Å². The van der Waals surface area contributed by atoms with E-state index >= 15 is 0 Å². The van der Waals surface area contributed by atoms with Gasteiger partial charge in [0.15, 0.2) is 0 Å². The first-order chi connectivity index (χ1) is 19.4. The number of carboxylic acids is 1. The summed E-state index contributed by atoms with van der Waals surface area (Å²) in [6, 6.07) is 26.5. The van der Waals surface area contributed by atoms with E-state index in [0.29, 0.717) is 18.7 Å². The summed E-state index contributed by atoms with van der Waals surface area (Å²) >= 11 is 0. The van der Waals surface area contributed by atoms with Gasteiger partial charge in [-0.1, -0.05) is 84.0 Å². The van der Waals surface area contributed by atoms with E-state index in [1.165, 1.54) is 5.56 Å². The second-order valence-corrected chi connectivity index (χ2v) is 10.4. The fourth-order valence-corrected chi connectivity index (χ4v) is 5.30. The Morgan fingerprint density at radius 3 is 2.45 bits per heavy atom. The molecule has 3 aromatic carbocycles. The van der Waals surface area contributed by atoms with E-state index < -0.39 is 17.6 Å². The highest BCUT2D eigenvalue weighted by atomic mass is 16.4. The van der Waals surface area contributed by atoms with Gasteiger partial charge in [-0.2, -0.15) is 0 Å². The highest BCUT2D eigenvalue weighted by molar-refractivity contribution is 5.95. The number of para-hydroxylation sites is 1. The maximum absolute atomic E-state index is 13.6. The fraction of sp³-hybridized carbons (Fsp3) is 0.355. The Morgan fingerprint density at radius 1 is 1.07 bits per heavy atom. The molecule has 1 heterocycles. The average molecular weight is 541 g/mol. The minimum absolute atomic E-state index is 0.0666. The number of carboxylic acid groups (broad SMARTS) is 1. The minimum Gasteiger partial charge on any atom is -0.480 e. The van der Waals surface area contributed by atoms with E-state index in [4.69, 9.17) is 5.53 Å². The zero-order valence-electron chi connectivity index (χ0n) is 22.7. The molecule has 1 amide bonds. The topological polar surface area (TPSA) is 130 Å². The number of nitrogens with zero attached hydrogens (tertiary/aromatic N) is 4. The highest BCUT2D eigenvalue weighted by Gasteiger charge is 2.37. The summed E-state index contributed by atoms with van der Waals surface area (Å²) in [5, 5.41) is 20.3. The largest absolute Gasteiger partial charge is 0.480 e. The Hall–Kier alpha value is -4.17. The normalized spacial score (nSPS) is 17.4. The third kappa shape index (κ3) is 7.27. The average Bonchev–Trinajstić information content (AvgIpc) is 3.44. The van der Waals surface area contributed by atoms with E-state index in [1.54, 1.807) is 6.92 Å². The molecule has 0 bridgehead atoms. The van der Waals surface area contributed by atoms with Gasteiger partial charge in [-0.15, -0.1) is 0 Å². The van der Waals surface area contributed by atoms with E-state index in [0.717, 1.165) is 30.5 Å². The molecule has 3 atom stereocenters. The van der Waals surface area contributed by atoms with Gasteiger partial charge in [0, 0.05) is 23.7 Å². The molecule has 0 radical (unpaired) electrons. The summed E-state index contributed by atoms with van der Waals surface area (Å²) in [6.07, 6.45) is 2.41. The molecule has 9 heteroatoms. The van der Waals surface area contributed by atoms with Gasteiger partial charge in [-0.3, -0.25) is 19.8 Å². The summed E-state index contributed by atoms with van der Waals surface area (Å²) in [6.45, 7) is 3.42. The van der Waals surface area contributed by atoms with Crippen molar-refractivity contribution in [3.63, 3.8) is 0 Å². The van der Waals surface area contributed by atoms with Crippen LogP contribution >= 0.6 is 0 Å². The van der Waals surface area contributed by atoms with Crippen LogP contribution in [0.25, 0.3) is 10.4 Å². The summed E-state index contributed by atoms with van der Waals surface area (Å²) in [5.74, 6) is -1.07. The van der Waals surface area contributed by atoms with Crippen molar-refractivity contribution in [2.24, 2.45) is 5.11 Å². The number of carbonyl (C=O) groups is 2. The number of anilines is 1. The second kappa shape index (κ2) is 13.8. The van der Waals surface area contributed by atoms with Crippen LogP contribution in [-0.2, 0) is 16.1 Å². The van der Waals surface area contributed by atoms with Gasteiger partial charge in [0.1, 0.15) is 5.54 Å². The van der Waals surface area contributed by atoms with Crippen LogP contribution < -0.4 is 10.6 Å². The quantitative estimate of drug-likeness (QED) is 0.107. The first-order valence-corrected chi connectivity index (χ1v) is 13.7. The number of hydrogen-bond acceptors (Lipinski definition) is 5. The van der Waals surface area contributed by atoms with Crippen LogP contribution in [-0.4, -0.2) is 46.6 Å². The van der Waals surface area contributed by atoms with Crippen LogP contribution in [0.4, 0.5) is 5.69 Å². The molecule has 1 aliphatic rings. The number of aliphatic carboxylic acids is 1. The summed E-state index contributed by atoms with van der Waals surface area (Å²) in [5.41, 5.74) is 10.8. The predicted molar refractivity (Wildman–Crippen MR) is 156 cm³/mol. The molecule has 9 nitrogen and oxygen atoms in total. The Labute approximate surface area is 234 Å². The van der Waals surface area contributed by atoms with Crippen molar-refractivity contribution in [2.45, 2.75) is 56.8 Å². The third-order valence-corrected chi connectivity index (χ3v) is 7.49. The molecule has 0 aliphatic carbocycles. The number of benzene rings is 3. The van der Waals surface area contributed by atoms with Crippen LogP contribution in [0.2, 0.25) is 0 Å². The maximum Gasteiger partial charge on any atom is 0.323 e. The first kappa shape index (κ1) is 28.8. The Morgan fingerprint density at radius 2 is 1.75 bits per heavy atom. The summed E-state index contributed by atoms with van der Waals surface area (Å²) in [7, 11) is 0. The van der Waals surface area contributed by atoms with Gasteiger partial charge in [0.05, 0.1) is 12.1 Å². The molecule has 3 aromatic rings. The lowest BCUT2D eigenvalue weighted by Crippen LogP contribution is -2.51. The molecule has 1 aliphatic heterocycles. The van der Waals surface area contributed by atoms with Crippen LogP contribution in [0.5, 0.6) is 0 Å². The van der Waals surface area contributed by atoms with Crippen LogP contribution in [0.1, 0.15) is 55.3 Å². The lowest BCUT2D eigenvalue weighted by atomic mass is 9.89. The monoisotopic (exact) mass is 540 g/mol. The van der Waals surface area contributed by atoms with Crippen LogP contribution in [0.15, 0.2) is 90.0 Å². The maximum atomic E-state index is 13.6. The molecule has 0 saturated carbocycles. The number of carbonyl (C=O) groups excluding carboxylic acids is 1. The zero-order valence-corrected chi connectivity index (χ0v) is 22.7. The number of rotatable bonds is 13. The van der Waals surface area contributed by atoms with E-state index in [-0.39, 0.29) is 24.9 Å². The summed E-state index contributed by atoms with van der Waals surface area (Å²) in [4.78, 5) is 31.1. The summed E-state index contributed by atoms with van der Waals surface area (Å²) < 4.78 is 0. The molecule has 40 heavy (non-hydrogen) atoms. The minimum atomic E-state index is -1.31. The van der Waals surface area contributed by atoms with Crippen molar-refractivity contribution < 1.29 is 14.7 Å². The Balaban J connectivity index is 1.60. The zero-order chi connectivity index (χ0) is 28.4. The van der Waals surface area contributed by atoms with E-state index in [9.17, 15) is 14.7 Å². The standard InChI is InChI=1S/C31H36N6O3/c1-31(30(39)40,19-11-20-33-36-32)35-28(24-14-6-3-7-15-24)25-16-8-9-17-26(25)34-29(38)27-18-10-21-37(27)22-23-12-4-2-5-13-23/h2-9,12-17,27-28,35H,10-11,18-22H2,1H3,(H,34,38)(H,39,40)/t27?,28-,31?/m1/s1. The van der Waals surface area contributed by atoms with Gasteiger partial charge in [-0.25, -0.2) is 0 Å². The SMILES string of the molecule is CC(CCCN=[N+]=[N-])(N[C@H](c1ccccc1)c1ccccc1NC(=O)C1CCCN1Cc1ccccc1)C(=O)O. The Bertz CT molecular complexity index is 1330. The second-order valence-electron chi connectivity index (χ2n) is 10.4. The van der Waals surface area contributed by atoms with Crippen molar-refractivity contribution in [1.82, 2.24) is 10.2 Å². The highest BCUT2D eigenvalue weighted by Crippen LogP contribution is 2.32. The van der Waals surface area contributed by atoms with Gasteiger partial charge in [0.25, 0.3) is 0 Å². The first-order valence-electron chi connectivity index (χ1n) is 13.7. The van der Waals surface area contributed by atoms with Crippen molar-refractivity contribution in [2.75, 3.05) is 18.4 Å². The van der Waals surface area contributed by atoms with Gasteiger partial charge >= 0.3 is 5.97 Å².